The molecule has 298 valence electrons. The molecular weight excluding hydrogens is 677 g/mol. The third-order valence-corrected chi connectivity index (χ3v) is 13.8. The van der Waals surface area contributed by atoms with Gasteiger partial charge in [0, 0.05) is 24.0 Å². The average Bonchev–Trinajstić information content (AvgIpc) is 3.83. The molecule has 1 spiro atoms. The van der Waals surface area contributed by atoms with Gasteiger partial charge in [-0.15, -0.1) is 0 Å². The number of allylic oxidation sites excluding steroid dienone is 7. The van der Waals surface area contributed by atoms with Crippen molar-refractivity contribution in [2.24, 2.45) is 29.1 Å². The van der Waals surface area contributed by atoms with Crippen LogP contribution in [0.25, 0.3) is 0 Å². The normalized spacial score (nSPS) is 33.8. The average molecular weight is 745 g/mol. The summed E-state index contributed by atoms with van der Waals surface area (Å²) < 4.78 is 0. The summed E-state index contributed by atoms with van der Waals surface area (Å²) in [6, 6.07) is 9.08. The second-order valence-corrected chi connectivity index (χ2v) is 16.9. The fourth-order valence-corrected chi connectivity index (χ4v) is 10.7. The smallest absolute Gasteiger partial charge is 0.145 e. The van der Waals surface area contributed by atoms with E-state index in [1.54, 1.807) is 0 Å². The van der Waals surface area contributed by atoms with E-state index >= 15 is 0 Å². The molecule has 54 heavy (non-hydrogen) atoms. The molecule has 0 radical (unpaired) electrons. The number of aliphatic hydroxyl groups excluding tert-OH is 4. The molecule has 3 saturated carbocycles. The van der Waals surface area contributed by atoms with Crippen molar-refractivity contribution in [3.63, 3.8) is 0 Å². The maximum atomic E-state index is 12.5. The molecule has 0 saturated heterocycles. The highest BCUT2D eigenvalue weighted by molar-refractivity contribution is 5.74. The molecule has 1 aromatic carbocycles. The van der Waals surface area contributed by atoms with Gasteiger partial charge in [0.1, 0.15) is 12.5 Å². The summed E-state index contributed by atoms with van der Waals surface area (Å²) in [6.07, 6.45) is 18.2. The monoisotopic (exact) mass is 745 g/mol. The van der Waals surface area contributed by atoms with Crippen molar-refractivity contribution in [3.8, 4) is 0 Å². The Hall–Kier alpha value is -2.69. The SMILES string of the molecule is C=C(C=CC=C(CO)C1CCC2(C(CCCO)C(=C(C)C=O)CCC2(O)CCNC)C1O)C1CC=C(C)C(O)NC(C2CCCC2)Cc2cccc(c2)C1. The van der Waals surface area contributed by atoms with E-state index in [2.05, 4.69) is 47.6 Å². The number of fused-ring (bicyclic) bond motifs is 2. The van der Waals surface area contributed by atoms with Crippen LogP contribution >= 0.6 is 0 Å². The topological polar surface area (TPSA) is 142 Å². The first-order valence-electron chi connectivity index (χ1n) is 20.7. The van der Waals surface area contributed by atoms with Gasteiger partial charge >= 0.3 is 0 Å². The van der Waals surface area contributed by atoms with Gasteiger partial charge in [-0.2, -0.15) is 0 Å². The maximum Gasteiger partial charge on any atom is 0.145 e. The van der Waals surface area contributed by atoms with Crippen LogP contribution < -0.4 is 10.6 Å². The first-order chi connectivity index (χ1) is 26.0. The predicted octanol–water partition coefficient (Wildman–Crippen LogP) is 6.03. The Labute approximate surface area is 324 Å². The summed E-state index contributed by atoms with van der Waals surface area (Å²) in [6.45, 7) is 8.65. The molecule has 1 heterocycles. The van der Waals surface area contributed by atoms with Gasteiger partial charge in [0.05, 0.1) is 18.3 Å². The van der Waals surface area contributed by atoms with Crippen LogP contribution in [0.5, 0.6) is 0 Å². The standard InChI is InChI=1S/C46H68N2O6/c1-31(37-18-17-32(2)44(53)48-42(36-13-5-6-14-36)28-35-12-8-11-34(26-35)27-37)10-7-15-38(30-51)40-20-22-46(43(40)52)41(16-9-25-49)39(33(3)29-50)19-21-45(46,54)23-24-47-4/h7-8,10-12,15,17,26,29,36-37,40-44,47-49,51-54H,1,5-6,9,13-14,16,18-25,27-28,30H2,2-4H3. The Bertz CT molecular complexity index is 1560. The molecular formula is C46H68N2O6. The number of rotatable bonds is 13. The molecule has 3 aliphatic carbocycles. The van der Waals surface area contributed by atoms with E-state index < -0.39 is 23.3 Å². The van der Waals surface area contributed by atoms with Gasteiger partial charge in [-0.3, -0.25) is 10.1 Å². The lowest BCUT2D eigenvalue weighted by Gasteiger charge is -2.57. The second-order valence-electron chi connectivity index (χ2n) is 16.9. The summed E-state index contributed by atoms with van der Waals surface area (Å²) in [4.78, 5) is 12.1. The van der Waals surface area contributed by atoms with Crippen LogP contribution in [0.15, 0.2) is 83.0 Å². The van der Waals surface area contributed by atoms with Gasteiger partial charge in [-0.1, -0.05) is 79.1 Å². The molecule has 5 rings (SSSR count). The van der Waals surface area contributed by atoms with E-state index in [1.165, 1.54) is 36.8 Å². The Morgan fingerprint density at radius 1 is 1.09 bits per heavy atom. The summed E-state index contributed by atoms with van der Waals surface area (Å²) in [5, 5.41) is 63.4. The minimum atomic E-state index is -1.18. The van der Waals surface area contributed by atoms with E-state index in [0.29, 0.717) is 68.6 Å². The Morgan fingerprint density at radius 2 is 1.83 bits per heavy atom. The number of hydrogen-bond donors (Lipinski definition) is 7. The Balaban J connectivity index is 1.39. The zero-order valence-corrected chi connectivity index (χ0v) is 33.1. The minimum Gasteiger partial charge on any atom is -0.396 e. The van der Waals surface area contributed by atoms with Crippen molar-refractivity contribution in [3.05, 3.63) is 94.1 Å². The quantitative estimate of drug-likeness (QED) is 0.0562. The number of aliphatic hydroxyl groups is 5. The minimum absolute atomic E-state index is 0.00885. The van der Waals surface area contributed by atoms with Gasteiger partial charge in [-0.05, 0) is 150 Å². The number of aldehydes is 1. The van der Waals surface area contributed by atoms with E-state index in [0.717, 1.165) is 42.3 Å². The van der Waals surface area contributed by atoms with Gasteiger partial charge in [0.25, 0.3) is 0 Å². The molecule has 2 bridgehead atoms. The summed E-state index contributed by atoms with van der Waals surface area (Å²) >= 11 is 0. The van der Waals surface area contributed by atoms with Crippen LogP contribution in [0, 0.1) is 29.1 Å². The van der Waals surface area contributed by atoms with Crippen LogP contribution in [0.4, 0.5) is 0 Å². The molecule has 1 aliphatic heterocycles. The lowest BCUT2D eigenvalue weighted by atomic mass is 9.51. The summed E-state index contributed by atoms with van der Waals surface area (Å²) in [7, 11) is 1.86. The van der Waals surface area contributed by atoms with Crippen LogP contribution in [-0.4, -0.2) is 82.6 Å². The van der Waals surface area contributed by atoms with Gasteiger partial charge < -0.3 is 30.8 Å². The van der Waals surface area contributed by atoms with Crippen LogP contribution in [0.1, 0.15) is 102 Å². The predicted molar refractivity (Wildman–Crippen MR) is 217 cm³/mol. The van der Waals surface area contributed by atoms with Gasteiger partial charge in [0.15, 0.2) is 0 Å². The maximum absolute atomic E-state index is 12.5. The van der Waals surface area contributed by atoms with Crippen LogP contribution in [-0.2, 0) is 17.6 Å². The summed E-state index contributed by atoms with van der Waals surface area (Å²) in [5.41, 5.74) is 4.64. The molecule has 0 amide bonds. The van der Waals surface area contributed by atoms with Crippen molar-refractivity contribution in [2.45, 2.75) is 128 Å². The van der Waals surface area contributed by atoms with Crippen molar-refractivity contribution in [1.29, 1.82) is 0 Å². The molecule has 8 heteroatoms. The molecule has 7 N–H and O–H groups in total. The van der Waals surface area contributed by atoms with Gasteiger partial charge in [-0.25, -0.2) is 0 Å². The zero-order chi connectivity index (χ0) is 38.9. The number of hydrogen-bond acceptors (Lipinski definition) is 8. The molecule has 8 nitrogen and oxygen atoms in total. The first kappa shape index (κ1) is 42.5. The fraction of sp³-hybridized carbons (Fsp3) is 0.630. The lowest BCUT2D eigenvalue weighted by Crippen LogP contribution is -2.61. The fourth-order valence-electron chi connectivity index (χ4n) is 10.7. The van der Waals surface area contributed by atoms with E-state index in [1.807, 2.05) is 39.1 Å². The highest BCUT2D eigenvalue weighted by Crippen LogP contribution is 2.64. The summed E-state index contributed by atoms with van der Waals surface area (Å²) in [5.74, 6) is 0.0284. The zero-order valence-electron chi connectivity index (χ0n) is 33.1. The van der Waals surface area contributed by atoms with E-state index in [9.17, 15) is 30.3 Å². The number of nitrogens with one attached hydrogen (secondary N) is 2. The molecule has 8 atom stereocenters. The highest BCUT2D eigenvalue weighted by Gasteiger charge is 2.65. The third-order valence-electron chi connectivity index (χ3n) is 13.8. The number of carbonyl (C=O) groups excluding carboxylic acids is 1. The molecule has 4 aliphatic rings. The van der Waals surface area contributed by atoms with Crippen molar-refractivity contribution in [1.82, 2.24) is 10.6 Å². The van der Waals surface area contributed by atoms with Gasteiger partial charge in [0.2, 0.25) is 0 Å². The van der Waals surface area contributed by atoms with E-state index in [-0.39, 0.29) is 37.0 Å². The highest BCUT2D eigenvalue weighted by atomic mass is 16.3. The Morgan fingerprint density at radius 3 is 2.52 bits per heavy atom. The van der Waals surface area contributed by atoms with Crippen molar-refractivity contribution >= 4 is 6.29 Å². The lowest BCUT2D eigenvalue weighted by molar-refractivity contribution is -0.180. The third kappa shape index (κ3) is 9.29. The molecule has 8 unspecified atom stereocenters. The first-order valence-corrected chi connectivity index (χ1v) is 20.7. The van der Waals surface area contributed by atoms with Crippen LogP contribution in [0.3, 0.4) is 0 Å². The molecule has 1 aromatic rings. The van der Waals surface area contributed by atoms with Crippen molar-refractivity contribution < 1.29 is 30.3 Å². The molecule has 0 aromatic heterocycles. The van der Waals surface area contributed by atoms with Crippen LogP contribution in [0.2, 0.25) is 0 Å². The number of benzene rings is 1. The largest absolute Gasteiger partial charge is 0.396 e. The number of carbonyl (C=O) groups is 1. The van der Waals surface area contributed by atoms with Crippen molar-refractivity contribution in [2.75, 3.05) is 26.8 Å². The van der Waals surface area contributed by atoms with E-state index in [4.69, 9.17) is 0 Å². The second kappa shape index (κ2) is 19.4. The molecule has 3 fully saturated rings. The Kier molecular flexibility index (Phi) is 15.3.